The van der Waals surface area contributed by atoms with Crippen molar-refractivity contribution in [3.05, 3.63) is 29.3 Å². The Morgan fingerprint density at radius 3 is 2.63 bits per heavy atom. The van der Waals surface area contributed by atoms with Crippen molar-refractivity contribution in [1.82, 2.24) is 24.2 Å². The number of nitrogens with zero attached hydrogens (tertiary/aromatic N) is 5. The predicted octanol–water partition coefficient (Wildman–Crippen LogP) is 2.74. The van der Waals surface area contributed by atoms with Gasteiger partial charge < -0.3 is 4.57 Å². The third-order valence-electron chi connectivity index (χ3n) is 5.02. The largest absolute Gasteiger partial charge is 0.300 e. The first-order chi connectivity index (χ1) is 12.9. The van der Waals surface area contributed by atoms with E-state index in [2.05, 4.69) is 16.8 Å². The highest BCUT2D eigenvalue weighted by atomic mass is 32.2. The molecule has 0 amide bonds. The van der Waals surface area contributed by atoms with E-state index in [0.717, 1.165) is 37.3 Å². The summed E-state index contributed by atoms with van der Waals surface area (Å²) in [5, 5.41) is 4.76. The van der Waals surface area contributed by atoms with Crippen LogP contribution in [-0.2, 0) is 23.1 Å². The molecule has 0 radical (unpaired) electrons. The molecule has 7 nitrogen and oxygen atoms in total. The maximum absolute atomic E-state index is 11.9. The van der Waals surface area contributed by atoms with Gasteiger partial charge in [0.05, 0.1) is 18.2 Å². The summed E-state index contributed by atoms with van der Waals surface area (Å²) in [6, 6.07) is 3.89. The van der Waals surface area contributed by atoms with Gasteiger partial charge in [0.15, 0.2) is 20.4 Å². The molecule has 0 spiro atoms. The van der Waals surface area contributed by atoms with Crippen molar-refractivity contribution < 1.29 is 8.42 Å². The molecule has 0 aliphatic carbocycles. The van der Waals surface area contributed by atoms with Gasteiger partial charge in [-0.05, 0) is 44.1 Å². The van der Waals surface area contributed by atoms with Gasteiger partial charge in [-0.3, -0.25) is 9.88 Å². The summed E-state index contributed by atoms with van der Waals surface area (Å²) in [6.07, 6.45) is 6.26. The van der Waals surface area contributed by atoms with Gasteiger partial charge in [-0.2, -0.15) is 5.10 Å². The topological polar surface area (TPSA) is 73.0 Å². The Hall–Kier alpha value is -1.58. The number of pyridine rings is 1. The molecule has 0 saturated carbocycles. The minimum atomic E-state index is -2.93. The second-order valence-corrected chi connectivity index (χ2v) is 9.54. The number of hydrogen-bond donors (Lipinski definition) is 0. The van der Waals surface area contributed by atoms with Crippen molar-refractivity contribution >= 4 is 22.1 Å². The number of sulfone groups is 1. The van der Waals surface area contributed by atoms with E-state index in [1.165, 1.54) is 0 Å². The van der Waals surface area contributed by atoms with E-state index in [1.54, 1.807) is 12.4 Å². The van der Waals surface area contributed by atoms with Crippen LogP contribution in [0, 0.1) is 4.77 Å². The highest BCUT2D eigenvalue weighted by Gasteiger charge is 2.32. The normalized spacial score (nSPS) is 19.0. The molecule has 1 saturated heterocycles. The van der Waals surface area contributed by atoms with Gasteiger partial charge in [0.1, 0.15) is 0 Å². The summed E-state index contributed by atoms with van der Waals surface area (Å²) in [5.74, 6) is 1.33. The van der Waals surface area contributed by atoms with Crippen LogP contribution in [0.25, 0.3) is 11.4 Å². The molecule has 27 heavy (non-hydrogen) atoms. The Balaban J connectivity index is 1.90. The number of rotatable bonds is 8. The molecule has 0 N–H and O–H groups in total. The van der Waals surface area contributed by atoms with Crippen molar-refractivity contribution in [3.63, 3.8) is 0 Å². The first-order valence-corrected chi connectivity index (χ1v) is 11.7. The highest BCUT2D eigenvalue weighted by molar-refractivity contribution is 7.91. The minimum absolute atomic E-state index is 0.0413. The zero-order chi connectivity index (χ0) is 19.4. The Bertz CT molecular complexity index is 921. The molecule has 1 fully saturated rings. The van der Waals surface area contributed by atoms with Crippen LogP contribution >= 0.6 is 12.2 Å². The van der Waals surface area contributed by atoms with Crippen molar-refractivity contribution in [3.8, 4) is 11.4 Å². The zero-order valence-corrected chi connectivity index (χ0v) is 17.5. The second kappa shape index (κ2) is 8.62. The van der Waals surface area contributed by atoms with Gasteiger partial charge in [0.2, 0.25) is 0 Å². The van der Waals surface area contributed by atoms with E-state index < -0.39 is 9.84 Å². The fourth-order valence-electron chi connectivity index (χ4n) is 3.50. The third-order valence-corrected chi connectivity index (χ3v) is 7.20. The average molecular weight is 410 g/mol. The van der Waals surface area contributed by atoms with E-state index in [1.807, 2.05) is 28.3 Å². The van der Waals surface area contributed by atoms with Gasteiger partial charge in [-0.15, -0.1) is 0 Å². The Labute approximate surface area is 165 Å². The number of aromatic nitrogens is 4. The molecule has 1 atom stereocenters. The minimum Gasteiger partial charge on any atom is -0.300 e. The lowest BCUT2D eigenvalue weighted by molar-refractivity contribution is 0.152. The summed E-state index contributed by atoms with van der Waals surface area (Å²) in [4.78, 5) is 6.30. The maximum atomic E-state index is 11.9. The summed E-state index contributed by atoms with van der Waals surface area (Å²) in [6.45, 7) is 6.28. The summed E-state index contributed by atoms with van der Waals surface area (Å²) >= 11 is 5.67. The molecule has 1 unspecified atom stereocenters. The fourth-order valence-corrected chi connectivity index (χ4v) is 5.57. The van der Waals surface area contributed by atoms with E-state index >= 15 is 0 Å². The average Bonchev–Trinajstić information content (AvgIpc) is 3.18. The lowest BCUT2D eigenvalue weighted by Gasteiger charge is -2.27. The number of unbranched alkanes of at least 4 members (excludes halogenated alkanes) is 1. The maximum Gasteiger partial charge on any atom is 0.199 e. The predicted molar refractivity (Wildman–Crippen MR) is 109 cm³/mol. The van der Waals surface area contributed by atoms with Crippen LogP contribution in [0.3, 0.4) is 0 Å². The van der Waals surface area contributed by atoms with Crippen LogP contribution in [0.4, 0.5) is 0 Å². The first-order valence-electron chi connectivity index (χ1n) is 9.47. The second-order valence-electron chi connectivity index (χ2n) is 6.95. The molecule has 0 bridgehead atoms. The summed E-state index contributed by atoms with van der Waals surface area (Å²) in [7, 11) is -2.93. The third kappa shape index (κ3) is 4.64. The van der Waals surface area contributed by atoms with E-state index in [-0.39, 0.29) is 17.5 Å². The molecular formula is C18H27N5O2S2. The van der Waals surface area contributed by atoms with Gasteiger partial charge in [-0.1, -0.05) is 13.3 Å². The molecule has 1 aliphatic rings. The van der Waals surface area contributed by atoms with Crippen LogP contribution in [0.15, 0.2) is 24.5 Å². The van der Waals surface area contributed by atoms with Gasteiger partial charge >= 0.3 is 0 Å². The van der Waals surface area contributed by atoms with Crippen molar-refractivity contribution in [2.45, 2.75) is 52.4 Å². The van der Waals surface area contributed by atoms with Crippen molar-refractivity contribution in [2.24, 2.45) is 0 Å². The standard InChI is InChI=1S/C18H27N5O2S2/c1-3-5-11-21(16-8-12-27(24,25)13-16)14-23-18(26)22(4-2)17(20-23)15-6-9-19-10-7-15/h6-7,9-10,16H,3-5,8,11-14H2,1-2H3. The molecule has 2 aromatic heterocycles. The molecule has 9 heteroatoms. The van der Waals surface area contributed by atoms with Gasteiger partial charge in [-0.25, -0.2) is 13.1 Å². The monoisotopic (exact) mass is 409 g/mol. The molecule has 3 rings (SSSR count). The number of hydrogen-bond acceptors (Lipinski definition) is 6. The molecule has 2 aromatic rings. The van der Waals surface area contributed by atoms with Gasteiger partial charge in [0.25, 0.3) is 0 Å². The summed E-state index contributed by atoms with van der Waals surface area (Å²) in [5.41, 5.74) is 0.972. The Morgan fingerprint density at radius 2 is 2.04 bits per heavy atom. The SMILES string of the molecule is CCCCN(Cn1nc(-c2ccncc2)n(CC)c1=S)C1CCS(=O)(=O)C1. The van der Waals surface area contributed by atoms with Gasteiger partial charge in [0, 0.05) is 37.1 Å². The highest BCUT2D eigenvalue weighted by Crippen LogP contribution is 2.21. The molecule has 148 valence electrons. The lowest BCUT2D eigenvalue weighted by Crippen LogP contribution is -2.38. The first kappa shape index (κ1) is 20.2. The van der Waals surface area contributed by atoms with Crippen molar-refractivity contribution in [1.29, 1.82) is 0 Å². The molecular weight excluding hydrogens is 382 g/mol. The van der Waals surface area contributed by atoms with Crippen LogP contribution in [0.5, 0.6) is 0 Å². The fraction of sp³-hybridized carbons (Fsp3) is 0.611. The zero-order valence-electron chi connectivity index (χ0n) is 15.9. The Morgan fingerprint density at radius 1 is 1.30 bits per heavy atom. The lowest BCUT2D eigenvalue weighted by atomic mass is 10.2. The van der Waals surface area contributed by atoms with Crippen LogP contribution < -0.4 is 0 Å². The van der Waals surface area contributed by atoms with Crippen LogP contribution in [0.2, 0.25) is 0 Å². The smallest absolute Gasteiger partial charge is 0.199 e. The van der Waals surface area contributed by atoms with Crippen molar-refractivity contribution in [2.75, 3.05) is 18.1 Å². The molecule has 0 aromatic carbocycles. The van der Waals surface area contributed by atoms with E-state index in [4.69, 9.17) is 17.3 Å². The summed E-state index contributed by atoms with van der Waals surface area (Å²) < 4.78 is 28.4. The quantitative estimate of drug-likeness (QED) is 0.624. The Kier molecular flexibility index (Phi) is 6.44. The molecule has 1 aliphatic heterocycles. The van der Waals surface area contributed by atoms with E-state index in [0.29, 0.717) is 17.9 Å². The van der Waals surface area contributed by atoms with Crippen LogP contribution in [-0.4, -0.2) is 56.7 Å². The van der Waals surface area contributed by atoms with Crippen LogP contribution in [0.1, 0.15) is 33.1 Å². The van der Waals surface area contributed by atoms with E-state index in [9.17, 15) is 8.42 Å². The molecule has 3 heterocycles.